The van der Waals surface area contributed by atoms with Gasteiger partial charge in [0.05, 0.1) is 6.10 Å². The van der Waals surface area contributed by atoms with E-state index in [0.29, 0.717) is 24.0 Å². The molecule has 1 fully saturated rings. The first kappa shape index (κ1) is 13.5. The Hall–Kier alpha value is -0.980. The van der Waals surface area contributed by atoms with Crippen molar-refractivity contribution in [3.8, 4) is 0 Å². The summed E-state index contributed by atoms with van der Waals surface area (Å²) in [6, 6.07) is 3.69. The summed E-state index contributed by atoms with van der Waals surface area (Å²) in [6.45, 7) is 0.868. The first-order chi connectivity index (χ1) is 8.49. The molecule has 0 spiro atoms. The number of aliphatic hydroxyl groups excluding tert-OH is 1. The fraction of sp³-hybridized carbons (Fsp3) is 0.417. The molecular formula is C12H14BrFN2O2. The van der Waals surface area contributed by atoms with Crippen molar-refractivity contribution in [3.63, 3.8) is 0 Å². The molecular weight excluding hydrogens is 303 g/mol. The molecule has 0 radical (unpaired) electrons. The minimum absolute atomic E-state index is 0.250. The van der Waals surface area contributed by atoms with Crippen LogP contribution in [0.2, 0.25) is 0 Å². The molecule has 1 aliphatic rings. The van der Waals surface area contributed by atoms with Crippen molar-refractivity contribution in [1.82, 2.24) is 4.90 Å². The molecule has 2 rings (SSSR count). The smallest absolute Gasteiger partial charge is 0.239 e. The van der Waals surface area contributed by atoms with E-state index in [2.05, 4.69) is 15.9 Å². The number of rotatable bonds is 3. The summed E-state index contributed by atoms with van der Waals surface area (Å²) in [4.78, 5) is 13.3. The molecule has 1 unspecified atom stereocenters. The normalized spacial score (nSPS) is 22.1. The average Bonchev–Trinajstić information content (AvgIpc) is 2.68. The van der Waals surface area contributed by atoms with Gasteiger partial charge in [0.25, 0.3) is 0 Å². The summed E-state index contributed by atoms with van der Waals surface area (Å²) in [5.74, 6) is -1.08. The Morgan fingerprint density at radius 1 is 1.61 bits per heavy atom. The van der Waals surface area contributed by atoms with Crippen LogP contribution in [0, 0.1) is 5.82 Å². The fourth-order valence-electron chi connectivity index (χ4n) is 2.26. The van der Waals surface area contributed by atoms with E-state index in [1.54, 1.807) is 17.0 Å². The maximum Gasteiger partial charge on any atom is 0.239 e. The van der Waals surface area contributed by atoms with Crippen LogP contribution in [-0.2, 0) is 4.79 Å². The second kappa shape index (κ2) is 5.34. The minimum atomic E-state index is -0.824. The number of amides is 1. The highest BCUT2D eigenvalue weighted by atomic mass is 79.9. The van der Waals surface area contributed by atoms with E-state index in [1.807, 2.05) is 0 Å². The van der Waals surface area contributed by atoms with Gasteiger partial charge in [-0.25, -0.2) is 4.39 Å². The number of carbonyl (C=O) groups excluding carboxylic acids is 1. The van der Waals surface area contributed by atoms with E-state index in [9.17, 15) is 14.3 Å². The van der Waals surface area contributed by atoms with Crippen molar-refractivity contribution in [2.45, 2.75) is 18.6 Å². The lowest BCUT2D eigenvalue weighted by Crippen LogP contribution is -2.37. The Morgan fingerprint density at radius 3 is 2.83 bits per heavy atom. The Morgan fingerprint density at radius 2 is 2.33 bits per heavy atom. The number of nitrogens with zero attached hydrogens (tertiary/aromatic N) is 1. The quantitative estimate of drug-likeness (QED) is 0.880. The van der Waals surface area contributed by atoms with Crippen LogP contribution in [0.3, 0.4) is 0 Å². The number of likely N-dealkylation sites (tertiary alicyclic amines) is 1. The molecule has 1 aromatic rings. The average molecular weight is 317 g/mol. The molecule has 18 heavy (non-hydrogen) atoms. The highest BCUT2D eigenvalue weighted by Crippen LogP contribution is 2.28. The maximum atomic E-state index is 13.9. The maximum absolute atomic E-state index is 13.9. The van der Waals surface area contributed by atoms with E-state index < -0.39 is 23.9 Å². The van der Waals surface area contributed by atoms with Crippen molar-refractivity contribution in [3.05, 3.63) is 34.1 Å². The Kier molecular flexibility index (Phi) is 3.99. The number of hydrogen-bond donors (Lipinski definition) is 2. The fourth-order valence-corrected chi connectivity index (χ4v) is 2.59. The van der Waals surface area contributed by atoms with Gasteiger partial charge in [0, 0.05) is 23.1 Å². The van der Waals surface area contributed by atoms with E-state index in [4.69, 9.17) is 5.73 Å². The standard InChI is InChI=1S/C12H14BrFN2O2/c13-7-1-2-9(10(14)5-7)11(12(15)18)16-4-3-8(17)6-16/h1-2,5,8,11,17H,3-4,6H2,(H2,15,18)/t8-,11?/m0/s1. The van der Waals surface area contributed by atoms with E-state index in [0.717, 1.165) is 0 Å². The zero-order valence-electron chi connectivity index (χ0n) is 9.64. The molecule has 0 bridgehead atoms. The first-order valence-electron chi connectivity index (χ1n) is 5.65. The third-order valence-electron chi connectivity index (χ3n) is 3.09. The number of primary amides is 1. The van der Waals surface area contributed by atoms with Gasteiger partial charge in [-0.3, -0.25) is 9.69 Å². The van der Waals surface area contributed by atoms with E-state index in [1.165, 1.54) is 6.07 Å². The van der Waals surface area contributed by atoms with Crippen molar-refractivity contribution >= 4 is 21.8 Å². The second-order valence-corrected chi connectivity index (χ2v) is 5.32. The number of β-amino-alcohol motifs (C(OH)–C–C–N with tert-alkyl or cyclic N) is 1. The van der Waals surface area contributed by atoms with Gasteiger partial charge in [-0.05, 0) is 18.6 Å². The van der Waals surface area contributed by atoms with Gasteiger partial charge in [-0.1, -0.05) is 22.0 Å². The van der Waals surface area contributed by atoms with Crippen LogP contribution < -0.4 is 5.73 Å². The lowest BCUT2D eigenvalue weighted by atomic mass is 10.0. The topological polar surface area (TPSA) is 66.6 Å². The van der Waals surface area contributed by atoms with Crippen LogP contribution >= 0.6 is 15.9 Å². The minimum Gasteiger partial charge on any atom is -0.392 e. The summed E-state index contributed by atoms with van der Waals surface area (Å²) < 4.78 is 14.5. The molecule has 1 amide bonds. The lowest BCUT2D eigenvalue weighted by Gasteiger charge is -2.25. The van der Waals surface area contributed by atoms with E-state index in [-0.39, 0.29) is 5.56 Å². The second-order valence-electron chi connectivity index (χ2n) is 4.41. The molecule has 0 aromatic heterocycles. The number of hydrogen-bond acceptors (Lipinski definition) is 3. The highest BCUT2D eigenvalue weighted by molar-refractivity contribution is 9.10. The lowest BCUT2D eigenvalue weighted by molar-refractivity contribution is -0.123. The molecule has 4 nitrogen and oxygen atoms in total. The van der Waals surface area contributed by atoms with Crippen molar-refractivity contribution in [1.29, 1.82) is 0 Å². The SMILES string of the molecule is NC(=O)C(c1ccc(Br)cc1F)N1CC[C@H](O)C1. The van der Waals surface area contributed by atoms with E-state index >= 15 is 0 Å². The van der Waals surface area contributed by atoms with Crippen LogP contribution in [0.15, 0.2) is 22.7 Å². The van der Waals surface area contributed by atoms with Crippen molar-refractivity contribution in [2.24, 2.45) is 5.73 Å². The molecule has 3 N–H and O–H groups in total. The summed E-state index contributed by atoms with van der Waals surface area (Å²) >= 11 is 3.17. The van der Waals surface area contributed by atoms with Gasteiger partial charge >= 0.3 is 0 Å². The predicted octanol–water partition coefficient (Wildman–Crippen LogP) is 1.18. The molecule has 1 aliphatic heterocycles. The largest absolute Gasteiger partial charge is 0.392 e. The molecule has 98 valence electrons. The summed E-state index contributed by atoms with van der Waals surface area (Å²) in [6.07, 6.45) is 0.0902. The van der Waals surface area contributed by atoms with Gasteiger partial charge in [-0.2, -0.15) is 0 Å². The molecule has 6 heteroatoms. The Labute approximate surface area is 113 Å². The molecule has 0 aliphatic carbocycles. The van der Waals surface area contributed by atoms with Crippen molar-refractivity contribution < 1.29 is 14.3 Å². The molecule has 1 aromatic carbocycles. The number of nitrogens with two attached hydrogens (primary N) is 1. The molecule has 1 heterocycles. The van der Waals surface area contributed by atoms with Crippen LogP contribution in [0.1, 0.15) is 18.0 Å². The van der Waals surface area contributed by atoms with Gasteiger partial charge < -0.3 is 10.8 Å². The van der Waals surface area contributed by atoms with Crippen LogP contribution in [0.5, 0.6) is 0 Å². The molecule has 1 saturated heterocycles. The Balaban J connectivity index is 2.33. The summed E-state index contributed by atoms with van der Waals surface area (Å²) in [5, 5.41) is 9.50. The monoisotopic (exact) mass is 316 g/mol. The third-order valence-corrected chi connectivity index (χ3v) is 3.58. The number of carbonyl (C=O) groups is 1. The molecule has 2 atom stereocenters. The van der Waals surface area contributed by atoms with Crippen molar-refractivity contribution in [2.75, 3.05) is 13.1 Å². The zero-order valence-corrected chi connectivity index (χ0v) is 11.2. The van der Waals surface area contributed by atoms with Crippen LogP contribution in [0.25, 0.3) is 0 Å². The predicted molar refractivity (Wildman–Crippen MR) is 68.2 cm³/mol. The number of benzene rings is 1. The molecule has 0 saturated carbocycles. The third kappa shape index (κ3) is 2.71. The first-order valence-corrected chi connectivity index (χ1v) is 6.44. The Bertz CT molecular complexity index is 469. The number of halogens is 2. The van der Waals surface area contributed by atoms with Crippen LogP contribution in [-0.4, -0.2) is 35.1 Å². The highest BCUT2D eigenvalue weighted by Gasteiger charge is 2.33. The zero-order chi connectivity index (χ0) is 13.3. The summed E-state index contributed by atoms with van der Waals surface area (Å²) in [5.41, 5.74) is 5.61. The summed E-state index contributed by atoms with van der Waals surface area (Å²) in [7, 11) is 0. The van der Waals surface area contributed by atoms with Gasteiger partial charge in [0.1, 0.15) is 11.9 Å². The van der Waals surface area contributed by atoms with Crippen LogP contribution in [0.4, 0.5) is 4.39 Å². The van der Waals surface area contributed by atoms with Gasteiger partial charge in [0.2, 0.25) is 5.91 Å². The van der Waals surface area contributed by atoms with Gasteiger partial charge in [-0.15, -0.1) is 0 Å². The van der Waals surface area contributed by atoms with Gasteiger partial charge in [0.15, 0.2) is 0 Å². The number of aliphatic hydroxyl groups is 1.